The average molecular weight is 288 g/mol. The summed E-state index contributed by atoms with van der Waals surface area (Å²) in [4.78, 5) is 0. The summed E-state index contributed by atoms with van der Waals surface area (Å²) in [5.41, 5.74) is 0.709. The van der Waals surface area contributed by atoms with Gasteiger partial charge in [-0.05, 0) is 18.9 Å². The van der Waals surface area contributed by atoms with Gasteiger partial charge in [-0.25, -0.2) is 8.42 Å². The number of aromatic nitrogens is 5. The van der Waals surface area contributed by atoms with Gasteiger partial charge < -0.3 is 0 Å². The minimum Gasteiger partial charge on any atom is -0.292 e. The second-order valence-electron chi connectivity index (χ2n) is 4.19. The van der Waals surface area contributed by atoms with E-state index in [9.17, 15) is 8.42 Å². The molecule has 9 heteroatoms. The van der Waals surface area contributed by atoms with Crippen molar-refractivity contribution < 1.29 is 8.42 Å². The van der Waals surface area contributed by atoms with Crippen molar-refractivity contribution in [1.82, 2.24) is 24.5 Å². The molecule has 1 saturated carbocycles. The predicted molar refractivity (Wildman–Crippen MR) is 63.5 cm³/mol. The molecule has 1 fully saturated rings. The van der Waals surface area contributed by atoms with E-state index in [4.69, 9.17) is 10.7 Å². The fraction of sp³-hybridized carbons (Fsp3) is 0.444. The van der Waals surface area contributed by atoms with Crippen LogP contribution in [0.1, 0.15) is 18.9 Å². The minimum absolute atomic E-state index is 0.105. The van der Waals surface area contributed by atoms with Crippen LogP contribution in [0.2, 0.25) is 0 Å². The highest BCUT2D eigenvalue weighted by atomic mass is 35.7. The number of nitrogens with zero attached hydrogens (tertiary/aromatic N) is 5. The van der Waals surface area contributed by atoms with Crippen LogP contribution < -0.4 is 0 Å². The lowest BCUT2D eigenvalue weighted by atomic mass is 10.4. The summed E-state index contributed by atoms with van der Waals surface area (Å²) >= 11 is 0. The Hall–Kier alpha value is -1.41. The van der Waals surface area contributed by atoms with Gasteiger partial charge in [0.25, 0.3) is 14.2 Å². The Labute approximate surface area is 108 Å². The molecule has 0 bridgehead atoms. The van der Waals surface area contributed by atoms with E-state index in [0.717, 1.165) is 12.8 Å². The largest absolute Gasteiger partial charge is 0.296 e. The summed E-state index contributed by atoms with van der Waals surface area (Å²) in [5, 5.41) is 11.5. The molecular formula is C9H10ClN5O2S. The molecular weight excluding hydrogens is 278 g/mol. The molecule has 1 aliphatic carbocycles. The number of rotatable bonds is 3. The molecule has 0 radical (unpaired) electrons. The van der Waals surface area contributed by atoms with Crippen LogP contribution in [0.4, 0.5) is 0 Å². The number of halogens is 1. The normalized spacial score (nSPS) is 16.1. The van der Waals surface area contributed by atoms with E-state index in [1.165, 1.54) is 0 Å². The van der Waals surface area contributed by atoms with E-state index in [0.29, 0.717) is 11.5 Å². The first-order chi connectivity index (χ1) is 8.48. The van der Waals surface area contributed by atoms with Crippen LogP contribution in [0.15, 0.2) is 17.4 Å². The number of hydrogen-bond acceptors (Lipinski definition) is 5. The van der Waals surface area contributed by atoms with Gasteiger partial charge in [0.05, 0.1) is 0 Å². The topological polar surface area (TPSA) is 82.7 Å². The Morgan fingerprint density at radius 2 is 2.11 bits per heavy atom. The molecule has 2 aromatic rings. The van der Waals surface area contributed by atoms with E-state index < -0.39 is 9.05 Å². The molecule has 7 nitrogen and oxygen atoms in total. The van der Waals surface area contributed by atoms with Gasteiger partial charge in [0.1, 0.15) is 5.69 Å². The second-order valence-corrected chi connectivity index (χ2v) is 6.64. The van der Waals surface area contributed by atoms with E-state index >= 15 is 0 Å². The highest BCUT2D eigenvalue weighted by molar-refractivity contribution is 8.13. The summed E-state index contributed by atoms with van der Waals surface area (Å²) in [5.74, 6) is 0.483. The van der Waals surface area contributed by atoms with Gasteiger partial charge in [-0.3, -0.25) is 9.25 Å². The van der Waals surface area contributed by atoms with Crippen LogP contribution in [0.5, 0.6) is 0 Å². The molecule has 0 atom stereocenters. The van der Waals surface area contributed by atoms with E-state index in [2.05, 4.69) is 15.3 Å². The molecule has 0 aromatic carbocycles. The van der Waals surface area contributed by atoms with Gasteiger partial charge in [0.15, 0.2) is 5.82 Å². The molecule has 0 amide bonds. The maximum Gasteiger partial charge on any atom is 0.296 e. The number of hydrogen-bond donors (Lipinski definition) is 0. The average Bonchev–Trinajstić information content (AvgIpc) is 2.86. The van der Waals surface area contributed by atoms with Crippen molar-refractivity contribution in [2.75, 3.05) is 0 Å². The van der Waals surface area contributed by atoms with Crippen molar-refractivity contribution in [2.45, 2.75) is 24.0 Å². The van der Waals surface area contributed by atoms with Crippen LogP contribution >= 0.6 is 10.7 Å². The molecule has 1 aliphatic rings. The lowest BCUT2D eigenvalue weighted by Crippen LogP contribution is -2.07. The van der Waals surface area contributed by atoms with Crippen LogP contribution in [0.25, 0.3) is 11.5 Å². The quantitative estimate of drug-likeness (QED) is 0.785. The van der Waals surface area contributed by atoms with Gasteiger partial charge in [-0.15, -0.1) is 10.2 Å². The van der Waals surface area contributed by atoms with Crippen LogP contribution in [-0.4, -0.2) is 33.0 Å². The zero-order valence-corrected chi connectivity index (χ0v) is 11.1. The third-order valence-corrected chi connectivity index (χ3v) is 3.97. The van der Waals surface area contributed by atoms with Crippen molar-refractivity contribution in [2.24, 2.45) is 7.05 Å². The molecule has 3 rings (SSSR count). The fourth-order valence-corrected chi connectivity index (χ4v) is 2.80. The highest BCUT2D eigenvalue weighted by Crippen LogP contribution is 2.40. The van der Waals surface area contributed by atoms with Crippen molar-refractivity contribution in [3.63, 3.8) is 0 Å². The Morgan fingerprint density at radius 1 is 1.39 bits per heavy atom. The van der Waals surface area contributed by atoms with Crippen LogP contribution in [0.3, 0.4) is 0 Å². The summed E-state index contributed by atoms with van der Waals surface area (Å²) < 4.78 is 26.1. The lowest BCUT2D eigenvalue weighted by molar-refractivity contribution is 0.578. The van der Waals surface area contributed by atoms with E-state index in [-0.39, 0.29) is 11.2 Å². The SMILES string of the molecule is Cn1nccc1-c1nnc(S(=O)(=O)Cl)n1C1CC1. The first-order valence-electron chi connectivity index (χ1n) is 5.36. The van der Waals surface area contributed by atoms with Gasteiger partial charge in [-0.2, -0.15) is 5.10 Å². The number of aryl methyl sites for hydroxylation is 1. The summed E-state index contributed by atoms with van der Waals surface area (Å²) in [6.45, 7) is 0. The Kier molecular flexibility index (Phi) is 2.46. The first-order valence-corrected chi connectivity index (χ1v) is 7.67. The molecule has 96 valence electrons. The maximum atomic E-state index is 11.5. The van der Waals surface area contributed by atoms with Crippen LogP contribution in [-0.2, 0) is 16.1 Å². The van der Waals surface area contributed by atoms with Gasteiger partial charge >= 0.3 is 0 Å². The zero-order valence-electron chi connectivity index (χ0n) is 9.49. The van der Waals surface area contributed by atoms with Crippen LogP contribution in [0, 0.1) is 0 Å². The molecule has 2 heterocycles. The minimum atomic E-state index is -3.89. The highest BCUT2D eigenvalue weighted by Gasteiger charge is 2.34. The first kappa shape index (κ1) is 11.7. The molecule has 0 aliphatic heterocycles. The Bertz CT molecular complexity index is 700. The lowest BCUT2D eigenvalue weighted by Gasteiger charge is -2.06. The monoisotopic (exact) mass is 287 g/mol. The standard InChI is InChI=1S/C9H10ClN5O2S/c1-14-7(4-5-11-14)8-12-13-9(18(10,16)17)15(8)6-2-3-6/h4-6H,2-3H2,1H3. The molecule has 0 unspecified atom stereocenters. The molecule has 0 spiro atoms. The third-order valence-electron chi connectivity index (χ3n) is 2.84. The summed E-state index contributed by atoms with van der Waals surface area (Å²) in [6.07, 6.45) is 3.43. The summed E-state index contributed by atoms with van der Waals surface area (Å²) in [6, 6.07) is 1.86. The summed E-state index contributed by atoms with van der Waals surface area (Å²) in [7, 11) is 3.25. The fourth-order valence-electron chi connectivity index (χ4n) is 1.87. The van der Waals surface area contributed by atoms with Gasteiger partial charge in [0, 0.05) is 30.0 Å². The van der Waals surface area contributed by atoms with Crippen molar-refractivity contribution in [1.29, 1.82) is 0 Å². The Balaban J connectivity index is 2.23. The molecule has 2 aromatic heterocycles. The van der Waals surface area contributed by atoms with Gasteiger partial charge in [0.2, 0.25) is 0 Å². The van der Waals surface area contributed by atoms with Gasteiger partial charge in [-0.1, -0.05) is 0 Å². The maximum absolute atomic E-state index is 11.5. The molecule has 0 N–H and O–H groups in total. The van der Waals surface area contributed by atoms with E-state index in [1.54, 1.807) is 28.6 Å². The molecule has 0 saturated heterocycles. The smallest absolute Gasteiger partial charge is 0.292 e. The zero-order chi connectivity index (χ0) is 12.9. The predicted octanol–water partition coefficient (Wildman–Crippen LogP) is 0.941. The third kappa shape index (κ3) is 1.81. The van der Waals surface area contributed by atoms with E-state index in [1.807, 2.05) is 0 Å². The second kappa shape index (κ2) is 3.79. The van der Waals surface area contributed by atoms with Crippen molar-refractivity contribution in [3.05, 3.63) is 12.3 Å². The molecule has 18 heavy (non-hydrogen) atoms. The van der Waals surface area contributed by atoms with Crippen molar-refractivity contribution >= 4 is 19.7 Å². The van der Waals surface area contributed by atoms with Crippen molar-refractivity contribution in [3.8, 4) is 11.5 Å². The Morgan fingerprint density at radius 3 is 2.61 bits per heavy atom.